The summed E-state index contributed by atoms with van der Waals surface area (Å²) < 4.78 is 29.1. The molecule has 0 aliphatic carbocycles. The zero-order valence-corrected chi connectivity index (χ0v) is 9.64. The van der Waals surface area contributed by atoms with Crippen molar-refractivity contribution in [3.8, 4) is 0 Å². The first kappa shape index (κ1) is 13.5. The number of hydrogen-bond donors (Lipinski definition) is 1. The minimum atomic E-state index is -3.80. The quantitative estimate of drug-likeness (QED) is 0.492. The SMILES string of the molecule is CC(C)C(C)S(=O)(=O)O.[Na]. The Labute approximate surface area is 84.2 Å². The van der Waals surface area contributed by atoms with Crippen LogP contribution in [0.3, 0.4) is 0 Å². The van der Waals surface area contributed by atoms with E-state index < -0.39 is 15.4 Å². The smallest absolute Gasteiger partial charge is 0.267 e. The molecule has 3 nitrogen and oxygen atoms in total. The van der Waals surface area contributed by atoms with E-state index in [1.807, 2.05) is 0 Å². The van der Waals surface area contributed by atoms with Gasteiger partial charge in [-0.25, -0.2) is 0 Å². The molecule has 1 radical (unpaired) electrons. The van der Waals surface area contributed by atoms with Crippen molar-refractivity contribution in [3.63, 3.8) is 0 Å². The van der Waals surface area contributed by atoms with Crippen LogP contribution >= 0.6 is 0 Å². The third-order valence-electron chi connectivity index (χ3n) is 1.41. The fourth-order valence-electron chi connectivity index (χ4n) is 0.344. The summed E-state index contributed by atoms with van der Waals surface area (Å²) in [5, 5.41) is -0.655. The van der Waals surface area contributed by atoms with Gasteiger partial charge in [0.1, 0.15) is 0 Å². The summed E-state index contributed by atoms with van der Waals surface area (Å²) in [4.78, 5) is 0. The second kappa shape index (κ2) is 4.72. The van der Waals surface area contributed by atoms with Gasteiger partial charge in [0.2, 0.25) is 0 Å². The van der Waals surface area contributed by atoms with E-state index in [0.29, 0.717) is 0 Å². The Morgan fingerprint density at radius 1 is 1.20 bits per heavy atom. The maximum absolute atomic E-state index is 10.3. The second-order valence-electron chi connectivity index (χ2n) is 2.46. The maximum atomic E-state index is 10.3. The van der Waals surface area contributed by atoms with Crippen molar-refractivity contribution in [1.29, 1.82) is 0 Å². The second-order valence-corrected chi connectivity index (χ2v) is 4.24. The van der Waals surface area contributed by atoms with Gasteiger partial charge < -0.3 is 0 Å². The van der Waals surface area contributed by atoms with E-state index in [0.717, 1.165) is 0 Å². The molecule has 1 unspecified atom stereocenters. The molecule has 0 aliphatic heterocycles. The molecule has 10 heavy (non-hydrogen) atoms. The van der Waals surface area contributed by atoms with Crippen molar-refractivity contribution in [3.05, 3.63) is 0 Å². The Bertz CT molecular complexity index is 173. The molecule has 0 aliphatic rings. The van der Waals surface area contributed by atoms with Gasteiger partial charge in [-0.15, -0.1) is 0 Å². The van der Waals surface area contributed by atoms with Gasteiger partial charge in [0.15, 0.2) is 0 Å². The van der Waals surface area contributed by atoms with E-state index in [4.69, 9.17) is 4.55 Å². The van der Waals surface area contributed by atoms with E-state index in [-0.39, 0.29) is 35.5 Å². The summed E-state index contributed by atoms with van der Waals surface area (Å²) in [6.07, 6.45) is 0. The Morgan fingerprint density at radius 3 is 1.50 bits per heavy atom. The van der Waals surface area contributed by atoms with Crippen molar-refractivity contribution in [2.75, 3.05) is 0 Å². The topological polar surface area (TPSA) is 54.4 Å². The van der Waals surface area contributed by atoms with Gasteiger partial charge in [0.25, 0.3) is 10.1 Å². The van der Waals surface area contributed by atoms with Crippen molar-refractivity contribution in [2.45, 2.75) is 26.0 Å². The normalized spacial score (nSPS) is 14.5. The number of hydrogen-bond acceptors (Lipinski definition) is 2. The van der Waals surface area contributed by atoms with Crippen LogP contribution in [0.5, 0.6) is 0 Å². The summed E-state index contributed by atoms with van der Waals surface area (Å²) in [6.45, 7) is 4.98. The molecule has 0 saturated carbocycles. The predicted molar refractivity (Wildman–Crippen MR) is 41.6 cm³/mol. The van der Waals surface area contributed by atoms with Crippen LogP contribution in [0.4, 0.5) is 0 Å². The zero-order valence-electron chi connectivity index (χ0n) is 6.83. The molecule has 0 saturated heterocycles. The van der Waals surface area contributed by atoms with Crippen LogP contribution in [0.2, 0.25) is 0 Å². The molecule has 0 aromatic heterocycles. The van der Waals surface area contributed by atoms with E-state index in [9.17, 15) is 8.42 Å². The Kier molecular flexibility index (Phi) is 6.37. The summed E-state index contributed by atoms with van der Waals surface area (Å²) in [7, 11) is -3.80. The molecule has 0 amide bonds. The van der Waals surface area contributed by atoms with Gasteiger partial charge in [0.05, 0.1) is 5.25 Å². The molecule has 1 N–H and O–H groups in total. The first-order valence-electron chi connectivity index (χ1n) is 2.82. The largest absolute Gasteiger partial charge is 0.285 e. The fourth-order valence-corrected chi connectivity index (χ4v) is 1.03. The van der Waals surface area contributed by atoms with Crippen molar-refractivity contribution >= 4 is 39.7 Å². The van der Waals surface area contributed by atoms with Crippen LogP contribution < -0.4 is 0 Å². The van der Waals surface area contributed by atoms with Gasteiger partial charge in [-0.2, -0.15) is 8.42 Å². The van der Waals surface area contributed by atoms with Crippen molar-refractivity contribution < 1.29 is 13.0 Å². The molecule has 0 spiro atoms. The van der Waals surface area contributed by atoms with Crippen molar-refractivity contribution in [2.24, 2.45) is 5.92 Å². The van der Waals surface area contributed by atoms with Crippen LogP contribution in [-0.4, -0.2) is 47.8 Å². The standard InChI is InChI=1S/C5H12O3S.Na/c1-4(2)5(3)9(6,7)8;/h4-5H,1-3H3,(H,6,7,8);. The van der Waals surface area contributed by atoms with Gasteiger partial charge in [-0.05, 0) is 12.8 Å². The Morgan fingerprint density at radius 2 is 1.50 bits per heavy atom. The van der Waals surface area contributed by atoms with Crippen LogP contribution in [0, 0.1) is 5.92 Å². The summed E-state index contributed by atoms with van der Waals surface area (Å²) in [5.41, 5.74) is 0. The molecule has 57 valence electrons. The average molecular weight is 175 g/mol. The van der Waals surface area contributed by atoms with Gasteiger partial charge >= 0.3 is 0 Å². The Hall–Kier alpha value is 0.910. The van der Waals surface area contributed by atoms with Gasteiger partial charge in [0, 0.05) is 29.6 Å². The molecular formula is C5H12NaO3S. The first-order chi connectivity index (χ1) is 3.85. The Balaban J connectivity index is 0. The summed E-state index contributed by atoms with van der Waals surface area (Å²) in [5.74, 6) is -0.0278. The minimum Gasteiger partial charge on any atom is -0.285 e. The van der Waals surface area contributed by atoms with E-state index in [1.54, 1.807) is 13.8 Å². The van der Waals surface area contributed by atoms with E-state index in [1.165, 1.54) is 6.92 Å². The number of rotatable bonds is 2. The van der Waals surface area contributed by atoms with Crippen LogP contribution in [0.1, 0.15) is 20.8 Å². The van der Waals surface area contributed by atoms with Crippen LogP contribution in [-0.2, 0) is 10.1 Å². The third-order valence-corrected chi connectivity index (χ3v) is 2.89. The molecule has 0 aromatic carbocycles. The molecule has 5 heteroatoms. The van der Waals surface area contributed by atoms with Gasteiger partial charge in [-0.3, -0.25) is 4.55 Å². The van der Waals surface area contributed by atoms with Crippen LogP contribution in [0.25, 0.3) is 0 Å². The third kappa shape index (κ3) is 4.68. The van der Waals surface area contributed by atoms with Gasteiger partial charge in [-0.1, -0.05) is 13.8 Å². The fraction of sp³-hybridized carbons (Fsp3) is 1.00. The van der Waals surface area contributed by atoms with E-state index >= 15 is 0 Å². The van der Waals surface area contributed by atoms with E-state index in [2.05, 4.69) is 0 Å². The maximum Gasteiger partial charge on any atom is 0.267 e. The predicted octanol–water partition coefficient (Wildman–Crippen LogP) is 0.538. The average Bonchev–Trinajstić information content (AvgIpc) is 1.62. The molecule has 0 rings (SSSR count). The van der Waals surface area contributed by atoms with Crippen molar-refractivity contribution in [1.82, 2.24) is 0 Å². The zero-order chi connectivity index (χ0) is 7.65. The molecule has 0 aromatic rings. The molecule has 0 bridgehead atoms. The molecule has 0 fully saturated rings. The van der Waals surface area contributed by atoms with Crippen LogP contribution in [0.15, 0.2) is 0 Å². The summed E-state index contributed by atoms with van der Waals surface area (Å²) in [6, 6.07) is 0. The monoisotopic (exact) mass is 175 g/mol. The first-order valence-corrected chi connectivity index (χ1v) is 4.32. The molecule has 1 atom stereocenters. The molecule has 0 heterocycles. The summed E-state index contributed by atoms with van der Waals surface area (Å²) >= 11 is 0. The molecular weight excluding hydrogens is 163 g/mol. The minimum absolute atomic E-state index is 0.